The molecule has 0 fully saturated rings. The smallest absolute Gasteiger partial charge is 0.272 e. The highest BCUT2D eigenvalue weighted by atomic mass is 16.1. The molecule has 0 saturated carbocycles. The minimum absolute atomic E-state index is 0.192. The van der Waals surface area contributed by atoms with Gasteiger partial charge in [-0.1, -0.05) is 19.4 Å². The van der Waals surface area contributed by atoms with Gasteiger partial charge in [0.15, 0.2) is 0 Å². The molecule has 0 aromatic carbocycles. The second-order valence-corrected chi connectivity index (χ2v) is 5.58. The van der Waals surface area contributed by atoms with Gasteiger partial charge in [-0.05, 0) is 31.0 Å². The first kappa shape index (κ1) is 15.9. The predicted molar refractivity (Wildman–Crippen MR) is 89.8 cm³/mol. The van der Waals surface area contributed by atoms with Crippen LogP contribution in [0.5, 0.6) is 0 Å². The van der Waals surface area contributed by atoms with Gasteiger partial charge in [0.05, 0.1) is 0 Å². The summed E-state index contributed by atoms with van der Waals surface area (Å²) in [4.78, 5) is 20.7. The molecular weight excluding hydrogens is 304 g/mol. The summed E-state index contributed by atoms with van der Waals surface area (Å²) in [5, 5.41) is 9.78. The molecule has 0 spiro atoms. The topological polar surface area (TPSA) is 88.5 Å². The molecule has 0 bridgehead atoms. The third kappa shape index (κ3) is 3.51. The van der Waals surface area contributed by atoms with E-state index >= 15 is 0 Å². The van der Waals surface area contributed by atoms with Gasteiger partial charge in [-0.3, -0.25) is 14.5 Å². The van der Waals surface area contributed by atoms with Crippen molar-refractivity contribution in [2.45, 2.75) is 33.2 Å². The number of aromatic nitrogens is 5. The Hall–Kier alpha value is -2.96. The zero-order chi connectivity index (χ0) is 16.9. The summed E-state index contributed by atoms with van der Waals surface area (Å²) in [7, 11) is 0. The number of hydrogen-bond donors (Lipinski definition) is 2. The Morgan fingerprint density at radius 3 is 2.88 bits per heavy atom. The number of hydrogen-bond acceptors (Lipinski definition) is 4. The number of aryl methyl sites for hydroxylation is 2. The number of carbonyl (C=O) groups excluding carboxylic acids is 1. The monoisotopic (exact) mass is 324 g/mol. The van der Waals surface area contributed by atoms with Crippen molar-refractivity contribution in [3.8, 4) is 5.82 Å². The van der Waals surface area contributed by atoms with Crippen molar-refractivity contribution in [2.75, 3.05) is 0 Å². The molecule has 1 amide bonds. The molecule has 0 unspecified atom stereocenters. The van der Waals surface area contributed by atoms with E-state index in [9.17, 15) is 4.79 Å². The van der Waals surface area contributed by atoms with Gasteiger partial charge < -0.3 is 5.32 Å². The first-order valence-electron chi connectivity index (χ1n) is 7.95. The lowest BCUT2D eigenvalue weighted by Crippen LogP contribution is -2.23. The van der Waals surface area contributed by atoms with Crippen LogP contribution in [0.1, 0.15) is 40.9 Å². The first-order chi connectivity index (χ1) is 11.7. The molecule has 0 radical (unpaired) electrons. The molecule has 124 valence electrons. The number of H-pyrrole nitrogens is 1. The molecule has 3 aromatic rings. The van der Waals surface area contributed by atoms with Crippen LogP contribution in [0.15, 0.2) is 36.8 Å². The average Bonchev–Trinajstić information content (AvgIpc) is 3.23. The summed E-state index contributed by atoms with van der Waals surface area (Å²) in [6, 6.07) is 5.64. The quantitative estimate of drug-likeness (QED) is 0.727. The highest BCUT2D eigenvalue weighted by Gasteiger charge is 2.10. The van der Waals surface area contributed by atoms with Crippen LogP contribution in [0.25, 0.3) is 5.82 Å². The lowest BCUT2D eigenvalue weighted by Gasteiger charge is -2.06. The van der Waals surface area contributed by atoms with Crippen molar-refractivity contribution < 1.29 is 4.79 Å². The molecule has 0 atom stereocenters. The number of nitrogens with one attached hydrogen (secondary N) is 2. The Balaban J connectivity index is 1.60. The lowest BCUT2D eigenvalue weighted by atomic mass is 10.2. The standard InChI is InChI=1S/C17H20N6O/c1-3-4-14-9-15(22-21-14)17(24)20-11-13-5-6-16(19-10-13)23-8-7-18-12(23)2/h5-10H,3-4,11H2,1-2H3,(H,20,24)(H,21,22). The fourth-order valence-electron chi connectivity index (χ4n) is 2.43. The fourth-order valence-corrected chi connectivity index (χ4v) is 2.43. The van der Waals surface area contributed by atoms with E-state index in [4.69, 9.17) is 0 Å². The Labute approximate surface area is 140 Å². The lowest BCUT2D eigenvalue weighted by molar-refractivity contribution is 0.0946. The van der Waals surface area contributed by atoms with Gasteiger partial charge in [-0.2, -0.15) is 5.10 Å². The molecule has 24 heavy (non-hydrogen) atoms. The maximum atomic E-state index is 12.1. The van der Waals surface area contributed by atoms with Crippen LogP contribution in [-0.4, -0.2) is 30.6 Å². The predicted octanol–water partition coefficient (Wildman–Crippen LogP) is 2.18. The van der Waals surface area contributed by atoms with Gasteiger partial charge in [-0.25, -0.2) is 9.97 Å². The number of pyridine rings is 1. The van der Waals surface area contributed by atoms with Gasteiger partial charge in [-0.15, -0.1) is 0 Å². The van der Waals surface area contributed by atoms with Crippen molar-refractivity contribution >= 4 is 5.91 Å². The Bertz CT molecular complexity index is 818. The molecule has 7 nitrogen and oxygen atoms in total. The highest BCUT2D eigenvalue weighted by Crippen LogP contribution is 2.08. The largest absolute Gasteiger partial charge is 0.347 e. The number of nitrogens with zero attached hydrogens (tertiary/aromatic N) is 4. The third-order valence-corrected chi connectivity index (χ3v) is 3.72. The number of carbonyl (C=O) groups is 1. The van der Waals surface area contributed by atoms with Crippen LogP contribution >= 0.6 is 0 Å². The summed E-state index contributed by atoms with van der Waals surface area (Å²) in [5.41, 5.74) is 2.32. The van der Waals surface area contributed by atoms with Crippen molar-refractivity contribution in [1.82, 2.24) is 30.0 Å². The maximum absolute atomic E-state index is 12.1. The summed E-state index contributed by atoms with van der Waals surface area (Å²) in [6.07, 6.45) is 7.26. The van der Waals surface area contributed by atoms with Crippen LogP contribution in [-0.2, 0) is 13.0 Å². The molecule has 0 saturated heterocycles. The van der Waals surface area contributed by atoms with Crippen molar-refractivity contribution in [3.63, 3.8) is 0 Å². The molecule has 3 aromatic heterocycles. The molecule has 0 aliphatic carbocycles. The number of aromatic amines is 1. The minimum atomic E-state index is -0.192. The molecule has 7 heteroatoms. The van der Waals surface area contributed by atoms with Crippen molar-refractivity contribution in [3.05, 3.63) is 59.6 Å². The van der Waals surface area contributed by atoms with E-state index in [1.807, 2.05) is 29.8 Å². The number of rotatable bonds is 6. The van der Waals surface area contributed by atoms with Gasteiger partial charge in [0.1, 0.15) is 17.3 Å². The van der Waals surface area contributed by atoms with E-state index in [2.05, 4.69) is 32.4 Å². The van der Waals surface area contributed by atoms with E-state index in [0.717, 1.165) is 35.7 Å². The fraction of sp³-hybridized carbons (Fsp3) is 0.294. The van der Waals surface area contributed by atoms with E-state index in [0.29, 0.717) is 12.2 Å². The summed E-state index contributed by atoms with van der Waals surface area (Å²) >= 11 is 0. The molecule has 3 heterocycles. The summed E-state index contributed by atoms with van der Waals surface area (Å²) in [5.74, 6) is 1.49. The number of imidazole rings is 1. The molecule has 2 N–H and O–H groups in total. The Kier molecular flexibility index (Phi) is 4.69. The van der Waals surface area contributed by atoms with Crippen molar-refractivity contribution in [2.24, 2.45) is 0 Å². The Morgan fingerprint density at radius 2 is 2.21 bits per heavy atom. The van der Waals surface area contributed by atoms with Crippen molar-refractivity contribution in [1.29, 1.82) is 0 Å². The maximum Gasteiger partial charge on any atom is 0.272 e. The molecular formula is C17H20N6O. The van der Waals surface area contributed by atoms with Gasteiger partial charge >= 0.3 is 0 Å². The molecule has 3 rings (SSSR count). The van der Waals surface area contributed by atoms with Crippen LogP contribution in [0.4, 0.5) is 0 Å². The first-order valence-corrected chi connectivity index (χ1v) is 7.95. The van der Waals surface area contributed by atoms with Gasteiger partial charge in [0, 0.05) is 30.8 Å². The molecule has 0 aliphatic rings. The highest BCUT2D eigenvalue weighted by molar-refractivity contribution is 5.92. The van der Waals surface area contributed by atoms with Crippen LogP contribution in [0, 0.1) is 6.92 Å². The SMILES string of the molecule is CCCc1cc(C(=O)NCc2ccc(-n3ccnc3C)nc2)n[nH]1. The average molecular weight is 324 g/mol. The van der Waals surface area contributed by atoms with E-state index < -0.39 is 0 Å². The minimum Gasteiger partial charge on any atom is -0.347 e. The van der Waals surface area contributed by atoms with Crippen LogP contribution < -0.4 is 5.32 Å². The number of amides is 1. The molecule has 0 aliphatic heterocycles. The Morgan fingerprint density at radius 1 is 1.33 bits per heavy atom. The summed E-state index contributed by atoms with van der Waals surface area (Å²) < 4.78 is 1.90. The van der Waals surface area contributed by atoms with Gasteiger partial charge in [0.25, 0.3) is 5.91 Å². The second kappa shape index (κ2) is 7.08. The van der Waals surface area contributed by atoms with E-state index in [1.54, 1.807) is 18.5 Å². The summed E-state index contributed by atoms with van der Waals surface area (Å²) in [6.45, 7) is 4.42. The van der Waals surface area contributed by atoms with Crippen LogP contribution in [0.3, 0.4) is 0 Å². The van der Waals surface area contributed by atoms with Gasteiger partial charge in [0.2, 0.25) is 0 Å². The third-order valence-electron chi connectivity index (χ3n) is 3.72. The van der Waals surface area contributed by atoms with Crippen LogP contribution in [0.2, 0.25) is 0 Å². The normalized spacial score (nSPS) is 10.8. The van der Waals surface area contributed by atoms with E-state index in [-0.39, 0.29) is 5.91 Å². The zero-order valence-electron chi connectivity index (χ0n) is 13.8. The zero-order valence-corrected chi connectivity index (χ0v) is 13.8. The van der Waals surface area contributed by atoms with E-state index in [1.165, 1.54) is 0 Å². The second-order valence-electron chi connectivity index (χ2n) is 5.58.